The Hall–Kier alpha value is -4.21. The standard InChI is InChI=1S/C11H19N.C10H17N3O3.C8H11N.C7H8O/c1-7-11(8-9(2)3)10(4)12(5)6;1-4-9-12(5-8(2)15)10(16)6-11(3)13(9)7-14;1-9-7-8-5-3-2-4-6-8;1-6-2-4-7(8)5-3-6/h8H,2,4,7H2,1,3,5-6H3;7,9H,4-6H2,1-3H3;2-6,9H,7H2,1H3;2-5,8H,1H3/b11-8-;;;. The second kappa shape index (κ2) is 22.3. The highest BCUT2D eigenvalue weighted by molar-refractivity contribution is 5.86. The minimum atomic E-state index is -0.354. The van der Waals surface area contributed by atoms with E-state index in [4.69, 9.17) is 5.11 Å². The zero-order valence-electron chi connectivity index (χ0n) is 28.8. The molecular formula is C36H55N5O4. The molecular weight excluding hydrogens is 566 g/mol. The van der Waals surface area contributed by atoms with Gasteiger partial charge in [-0.05, 0) is 63.9 Å². The van der Waals surface area contributed by atoms with Crippen molar-refractivity contribution in [3.63, 3.8) is 0 Å². The highest BCUT2D eigenvalue weighted by Gasteiger charge is 2.35. The molecule has 45 heavy (non-hydrogen) atoms. The second-order valence-corrected chi connectivity index (χ2v) is 11.0. The first-order valence-electron chi connectivity index (χ1n) is 15.1. The molecule has 2 aromatic carbocycles. The maximum absolute atomic E-state index is 11.8. The first-order valence-corrected chi connectivity index (χ1v) is 15.1. The molecule has 2 amide bonds. The molecule has 0 saturated carbocycles. The van der Waals surface area contributed by atoms with E-state index in [-0.39, 0.29) is 30.9 Å². The van der Waals surface area contributed by atoms with Crippen molar-refractivity contribution < 1.29 is 19.5 Å². The quantitative estimate of drug-likeness (QED) is 0.266. The van der Waals surface area contributed by atoms with Gasteiger partial charge in [0.05, 0.1) is 13.1 Å². The Morgan fingerprint density at radius 2 is 1.64 bits per heavy atom. The number of Topliss-reactive ketones (excluding diaryl/α,β-unsaturated/α-hetero) is 1. The molecule has 9 nitrogen and oxygen atoms in total. The van der Waals surface area contributed by atoms with E-state index in [9.17, 15) is 14.4 Å². The number of aryl methyl sites for hydroxylation is 1. The number of nitrogens with zero attached hydrogens (tertiary/aromatic N) is 4. The van der Waals surface area contributed by atoms with Crippen LogP contribution in [0.3, 0.4) is 0 Å². The van der Waals surface area contributed by atoms with Gasteiger partial charge in [-0.15, -0.1) is 0 Å². The summed E-state index contributed by atoms with van der Waals surface area (Å²) in [7, 11) is 7.64. The second-order valence-electron chi connectivity index (χ2n) is 11.0. The van der Waals surface area contributed by atoms with Gasteiger partial charge < -0.3 is 20.2 Å². The zero-order valence-corrected chi connectivity index (χ0v) is 28.8. The maximum Gasteiger partial charge on any atom is 0.240 e. The van der Waals surface area contributed by atoms with Crippen molar-refractivity contribution in [3.8, 4) is 5.75 Å². The Bertz CT molecular complexity index is 1200. The normalized spacial score (nSPS) is 14.5. The van der Waals surface area contributed by atoms with E-state index >= 15 is 0 Å². The topological polar surface area (TPSA) is 96.4 Å². The van der Waals surface area contributed by atoms with Crippen LogP contribution in [0.25, 0.3) is 0 Å². The third-order valence-corrected chi connectivity index (χ3v) is 6.58. The number of ketones is 1. The molecule has 9 heteroatoms. The summed E-state index contributed by atoms with van der Waals surface area (Å²) < 4.78 is 0. The highest BCUT2D eigenvalue weighted by atomic mass is 16.3. The Kier molecular flexibility index (Phi) is 20.2. The Balaban J connectivity index is 0.000000595. The minimum absolute atomic E-state index is 0.0650. The van der Waals surface area contributed by atoms with Crippen LogP contribution in [0.5, 0.6) is 5.75 Å². The Morgan fingerprint density at radius 3 is 2.04 bits per heavy atom. The van der Waals surface area contributed by atoms with Crippen molar-refractivity contribution in [2.75, 3.05) is 41.3 Å². The van der Waals surface area contributed by atoms with E-state index in [0.29, 0.717) is 18.6 Å². The molecule has 0 radical (unpaired) electrons. The van der Waals surface area contributed by atoms with Gasteiger partial charge in [-0.3, -0.25) is 19.4 Å². The lowest BCUT2D eigenvalue weighted by molar-refractivity contribution is -0.178. The lowest BCUT2D eigenvalue weighted by Crippen LogP contribution is -2.64. The number of nitrogens with one attached hydrogen (secondary N) is 1. The molecule has 2 aromatic rings. The molecule has 2 N–H and O–H groups in total. The van der Waals surface area contributed by atoms with Crippen molar-refractivity contribution in [1.29, 1.82) is 0 Å². The van der Waals surface area contributed by atoms with E-state index < -0.39 is 0 Å². The summed E-state index contributed by atoms with van der Waals surface area (Å²) >= 11 is 0. The number of aromatic hydroxyl groups is 1. The summed E-state index contributed by atoms with van der Waals surface area (Å²) in [5.41, 5.74) is 5.91. The van der Waals surface area contributed by atoms with Gasteiger partial charge in [0.25, 0.3) is 0 Å². The lowest BCUT2D eigenvalue weighted by atomic mass is 10.1. The summed E-state index contributed by atoms with van der Waals surface area (Å²) in [6.07, 6.45) is 4.02. The van der Waals surface area contributed by atoms with Gasteiger partial charge in [0.15, 0.2) is 0 Å². The van der Waals surface area contributed by atoms with Gasteiger partial charge in [-0.1, -0.05) is 86.7 Å². The molecule has 1 saturated heterocycles. The molecule has 0 bridgehead atoms. The van der Waals surface area contributed by atoms with Crippen LogP contribution in [0.15, 0.2) is 90.7 Å². The number of rotatable bonds is 10. The van der Waals surface area contributed by atoms with Crippen molar-refractivity contribution in [3.05, 3.63) is 102 Å². The van der Waals surface area contributed by atoms with Crippen molar-refractivity contribution in [2.24, 2.45) is 0 Å². The van der Waals surface area contributed by atoms with Gasteiger partial charge in [0, 0.05) is 33.4 Å². The van der Waals surface area contributed by atoms with Crippen LogP contribution in [0.1, 0.15) is 51.7 Å². The maximum atomic E-state index is 11.8. The number of hydrogen-bond donors (Lipinski definition) is 2. The lowest BCUT2D eigenvalue weighted by Gasteiger charge is -2.45. The van der Waals surface area contributed by atoms with Crippen molar-refractivity contribution >= 4 is 18.1 Å². The molecule has 1 heterocycles. The molecule has 0 spiro atoms. The number of hydrogen-bond acceptors (Lipinski definition) is 7. The summed E-state index contributed by atoms with van der Waals surface area (Å²) in [5.74, 6) is 0.125. The summed E-state index contributed by atoms with van der Waals surface area (Å²) in [4.78, 5) is 37.3. The van der Waals surface area contributed by atoms with E-state index in [1.165, 1.54) is 33.5 Å². The van der Waals surface area contributed by atoms with E-state index in [0.717, 1.165) is 24.2 Å². The number of carbonyl (C=O) groups is 3. The minimum Gasteiger partial charge on any atom is -0.508 e. The number of hydrazine groups is 1. The van der Waals surface area contributed by atoms with Crippen molar-refractivity contribution in [1.82, 2.24) is 25.1 Å². The molecule has 0 aromatic heterocycles. The van der Waals surface area contributed by atoms with Gasteiger partial charge in [-0.25, -0.2) is 5.01 Å². The van der Waals surface area contributed by atoms with Crippen LogP contribution in [-0.2, 0) is 20.9 Å². The van der Waals surface area contributed by atoms with E-state index in [1.807, 2.05) is 77.1 Å². The summed E-state index contributed by atoms with van der Waals surface area (Å²) in [6, 6.07) is 17.4. The predicted molar refractivity (Wildman–Crippen MR) is 185 cm³/mol. The van der Waals surface area contributed by atoms with Crippen LogP contribution in [-0.4, -0.2) is 90.5 Å². The molecule has 0 aliphatic carbocycles. The molecule has 1 aliphatic heterocycles. The number of benzene rings is 2. The molecule has 1 unspecified atom stereocenters. The Labute approximate surface area is 271 Å². The van der Waals surface area contributed by atoms with Crippen LogP contribution in [0.2, 0.25) is 0 Å². The molecule has 1 atom stereocenters. The summed E-state index contributed by atoms with van der Waals surface area (Å²) in [5, 5.41) is 14.9. The number of allylic oxidation sites excluding steroid dienone is 3. The first kappa shape index (κ1) is 40.8. The van der Waals surface area contributed by atoms with Crippen LogP contribution in [0.4, 0.5) is 0 Å². The van der Waals surface area contributed by atoms with E-state index in [2.05, 4.69) is 43.6 Å². The van der Waals surface area contributed by atoms with E-state index in [1.54, 1.807) is 24.2 Å². The fraction of sp³-hybridized carbons (Fsp3) is 0.417. The van der Waals surface area contributed by atoms with Crippen LogP contribution >= 0.6 is 0 Å². The molecule has 1 fully saturated rings. The van der Waals surface area contributed by atoms with Gasteiger partial charge in [0.1, 0.15) is 17.7 Å². The third kappa shape index (κ3) is 16.4. The third-order valence-electron chi connectivity index (χ3n) is 6.58. The zero-order chi connectivity index (χ0) is 34.5. The molecule has 248 valence electrons. The summed E-state index contributed by atoms with van der Waals surface area (Å²) in [6.45, 7) is 18.4. The monoisotopic (exact) mass is 621 g/mol. The average Bonchev–Trinajstić information content (AvgIpc) is 2.99. The van der Waals surface area contributed by atoms with Gasteiger partial charge >= 0.3 is 0 Å². The van der Waals surface area contributed by atoms with Gasteiger partial charge in [0.2, 0.25) is 12.3 Å². The largest absolute Gasteiger partial charge is 0.508 e. The first-order chi connectivity index (χ1) is 21.2. The number of phenolic OH excluding ortho intramolecular Hbond substituents is 1. The number of phenols is 1. The fourth-order valence-corrected chi connectivity index (χ4v) is 4.22. The number of amides is 2. The number of carbonyl (C=O) groups excluding carboxylic acids is 3. The highest BCUT2D eigenvalue weighted by Crippen LogP contribution is 2.17. The molecule has 3 rings (SSSR count). The smallest absolute Gasteiger partial charge is 0.240 e. The van der Waals surface area contributed by atoms with Crippen LogP contribution < -0.4 is 5.32 Å². The number of likely N-dealkylation sites (N-methyl/N-ethyl adjacent to an activating group) is 2. The van der Waals surface area contributed by atoms with Crippen LogP contribution in [0, 0.1) is 6.92 Å². The predicted octanol–water partition coefficient (Wildman–Crippen LogP) is 5.54. The van der Waals surface area contributed by atoms with Gasteiger partial charge in [-0.2, -0.15) is 0 Å². The van der Waals surface area contributed by atoms with Crippen molar-refractivity contribution in [2.45, 2.75) is 60.2 Å². The molecule has 1 aliphatic rings. The fourth-order valence-electron chi connectivity index (χ4n) is 4.22. The Morgan fingerprint density at radius 1 is 1.07 bits per heavy atom. The average molecular weight is 622 g/mol. The SMILES string of the molecule is C=C(C)/C=C(/CC)C(=C)N(C)C.CCC1N(CC(C)=O)C(=O)CN(C)N1C=O.CNCc1ccccc1.Cc1ccc(O)cc1.